The number of nitrogens with zero attached hydrogens (tertiary/aromatic N) is 3. The van der Waals surface area contributed by atoms with Crippen LogP contribution in [-0.2, 0) is 9.47 Å². The van der Waals surface area contributed by atoms with Crippen LogP contribution in [0.2, 0.25) is 0 Å². The van der Waals surface area contributed by atoms with Crippen molar-refractivity contribution in [3.8, 4) is 11.3 Å². The predicted molar refractivity (Wildman–Crippen MR) is 104 cm³/mol. The second-order valence-corrected chi connectivity index (χ2v) is 7.34. The van der Waals surface area contributed by atoms with Gasteiger partial charge in [0.2, 0.25) is 0 Å². The normalized spacial score (nSPS) is 13.1. The van der Waals surface area contributed by atoms with Crippen molar-refractivity contribution < 1.29 is 32.5 Å². The fourth-order valence-corrected chi connectivity index (χ4v) is 2.45. The zero-order valence-corrected chi connectivity index (χ0v) is 17.1. The van der Waals surface area contributed by atoms with Crippen LogP contribution in [0.15, 0.2) is 36.5 Å². The smallest absolute Gasteiger partial charge is 0.416 e. The number of aliphatic hydroxyl groups is 1. The van der Waals surface area contributed by atoms with Crippen LogP contribution in [0.25, 0.3) is 11.3 Å². The number of ether oxygens (including phenoxy) is 2. The maximum atomic E-state index is 13.1. The lowest BCUT2D eigenvalue weighted by molar-refractivity contribution is -0.119. The Morgan fingerprint density at radius 2 is 1.93 bits per heavy atom. The molecule has 2 heterocycles. The summed E-state index contributed by atoms with van der Waals surface area (Å²) in [5.74, 6) is -0.239. The Labute approximate surface area is 172 Å². The molecule has 10 heteroatoms. The van der Waals surface area contributed by atoms with Gasteiger partial charge < -0.3 is 14.6 Å². The second kappa shape index (κ2) is 9.40. The number of amides is 1. The largest absolute Gasteiger partial charge is 0.443 e. The quantitative estimate of drug-likeness (QED) is 0.685. The molecule has 164 valence electrons. The van der Waals surface area contributed by atoms with Crippen LogP contribution in [0.1, 0.15) is 39.7 Å². The van der Waals surface area contributed by atoms with Crippen molar-refractivity contribution in [3.63, 3.8) is 0 Å². The van der Waals surface area contributed by atoms with Crippen molar-refractivity contribution in [3.05, 3.63) is 42.2 Å². The van der Waals surface area contributed by atoms with Crippen LogP contribution in [0.4, 0.5) is 23.8 Å². The Morgan fingerprint density at radius 1 is 1.23 bits per heavy atom. The maximum Gasteiger partial charge on any atom is 0.416 e. The van der Waals surface area contributed by atoms with Crippen LogP contribution in [-0.4, -0.2) is 46.1 Å². The van der Waals surface area contributed by atoms with E-state index in [1.54, 1.807) is 45.9 Å². The zero-order valence-electron chi connectivity index (χ0n) is 17.1. The maximum absolute atomic E-state index is 13.1. The van der Waals surface area contributed by atoms with Gasteiger partial charge in [0.25, 0.3) is 0 Å². The number of halogens is 3. The number of alkyl halides is 3. The lowest BCUT2D eigenvalue weighted by Gasteiger charge is -2.27. The molecule has 0 fully saturated rings. The average Bonchev–Trinajstić information content (AvgIpc) is 2.64. The summed E-state index contributed by atoms with van der Waals surface area (Å²) in [7, 11) is 0. The van der Waals surface area contributed by atoms with Crippen molar-refractivity contribution in [1.29, 1.82) is 0 Å². The van der Waals surface area contributed by atoms with Crippen LogP contribution < -0.4 is 4.90 Å². The highest BCUT2D eigenvalue weighted by Crippen LogP contribution is 2.27. The van der Waals surface area contributed by atoms with Crippen LogP contribution in [0.5, 0.6) is 0 Å². The number of carbonyl (C=O) groups is 1. The molecule has 0 aromatic carbocycles. The van der Waals surface area contributed by atoms with Crippen LogP contribution in [0.3, 0.4) is 0 Å². The van der Waals surface area contributed by atoms with Gasteiger partial charge in [-0.25, -0.2) is 14.8 Å². The summed E-state index contributed by atoms with van der Waals surface area (Å²) >= 11 is 0. The molecule has 30 heavy (non-hydrogen) atoms. The SMILES string of the molecule is CCOC(O)c1cccc(-c2ccnc(N(CC(F)(F)F)C(=O)OC(C)(C)C)c2)n1. The third-order valence-electron chi connectivity index (χ3n) is 3.62. The number of carbonyl (C=O) groups excluding carboxylic acids is 1. The molecule has 0 radical (unpaired) electrons. The average molecular weight is 427 g/mol. The molecule has 2 rings (SSSR count). The molecule has 0 saturated heterocycles. The van der Waals surface area contributed by atoms with E-state index in [9.17, 15) is 23.1 Å². The van der Waals surface area contributed by atoms with Gasteiger partial charge in [-0.05, 0) is 52.0 Å². The third-order valence-corrected chi connectivity index (χ3v) is 3.62. The minimum Gasteiger partial charge on any atom is -0.443 e. The minimum absolute atomic E-state index is 0.239. The van der Waals surface area contributed by atoms with Gasteiger partial charge in [0, 0.05) is 18.4 Å². The summed E-state index contributed by atoms with van der Waals surface area (Å²) in [5.41, 5.74) is 0.0310. The molecule has 1 atom stereocenters. The molecule has 7 nitrogen and oxygen atoms in total. The third kappa shape index (κ3) is 6.96. The Balaban J connectivity index is 2.41. The predicted octanol–water partition coefficient (Wildman–Crippen LogP) is 4.47. The molecule has 2 aromatic rings. The highest BCUT2D eigenvalue weighted by atomic mass is 19.4. The second-order valence-electron chi connectivity index (χ2n) is 7.34. The number of rotatable bonds is 6. The molecule has 0 spiro atoms. The molecular weight excluding hydrogens is 403 g/mol. The summed E-state index contributed by atoms with van der Waals surface area (Å²) < 4.78 is 49.5. The fraction of sp³-hybridized carbons (Fsp3) is 0.450. The van der Waals surface area contributed by atoms with Gasteiger partial charge in [0.15, 0.2) is 6.29 Å². The molecule has 0 saturated carbocycles. The lowest BCUT2D eigenvalue weighted by atomic mass is 10.1. The van der Waals surface area contributed by atoms with E-state index < -0.39 is 30.7 Å². The number of anilines is 1. The molecule has 0 aliphatic rings. The fourth-order valence-electron chi connectivity index (χ4n) is 2.45. The van der Waals surface area contributed by atoms with Gasteiger partial charge >= 0.3 is 12.3 Å². The van der Waals surface area contributed by atoms with Crippen molar-refractivity contribution in [2.75, 3.05) is 18.1 Å². The monoisotopic (exact) mass is 427 g/mol. The summed E-state index contributed by atoms with van der Waals surface area (Å²) in [6.07, 6.45) is -5.79. The van der Waals surface area contributed by atoms with E-state index >= 15 is 0 Å². The first-order valence-electron chi connectivity index (χ1n) is 9.20. The van der Waals surface area contributed by atoms with Gasteiger partial charge in [0.05, 0.1) is 11.4 Å². The van der Waals surface area contributed by atoms with E-state index in [1.165, 1.54) is 18.3 Å². The summed E-state index contributed by atoms with van der Waals surface area (Å²) in [5, 5.41) is 9.95. The molecule has 0 aliphatic carbocycles. The topological polar surface area (TPSA) is 84.8 Å². The lowest BCUT2D eigenvalue weighted by Crippen LogP contribution is -2.42. The van der Waals surface area contributed by atoms with Crippen molar-refractivity contribution in [1.82, 2.24) is 9.97 Å². The Kier molecular flexibility index (Phi) is 7.38. The highest BCUT2D eigenvalue weighted by Gasteiger charge is 2.36. The highest BCUT2D eigenvalue weighted by molar-refractivity contribution is 5.87. The summed E-state index contributed by atoms with van der Waals surface area (Å²) in [4.78, 5) is 21.0. The molecule has 0 bridgehead atoms. The first-order valence-corrected chi connectivity index (χ1v) is 9.20. The van der Waals surface area contributed by atoms with Crippen LogP contribution >= 0.6 is 0 Å². The van der Waals surface area contributed by atoms with Crippen molar-refractivity contribution in [2.45, 2.75) is 45.8 Å². The standard InChI is InChI=1S/C20H24F3N3O4/c1-5-29-17(27)15-8-6-7-14(25-15)13-9-10-24-16(11-13)26(12-20(21,22)23)18(28)30-19(2,3)4/h6-11,17,27H,5,12H2,1-4H3. The van der Waals surface area contributed by atoms with E-state index in [4.69, 9.17) is 9.47 Å². The number of hydrogen-bond donors (Lipinski definition) is 1. The van der Waals surface area contributed by atoms with Gasteiger partial charge in [-0.2, -0.15) is 13.2 Å². The molecular formula is C20H24F3N3O4. The van der Waals surface area contributed by atoms with Gasteiger partial charge in [0.1, 0.15) is 18.0 Å². The van der Waals surface area contributed by atoms with E-state index in [0.29, 0.717) is 16.2 Å². The number of aromatic nitrogens is 2. The van der Waals surface area contributed by atoms with E-state index in [1.807, 2.05) is 0 Å². The zero-order chi connectivity index (χ0) is 22.5. The Bertz CT molecular complexity index is 869. The van der Waals surface area contributed by atoms with Crippen molar-refractivity contribution >= 4 is 11.9 Å². The summed E-state index contributed by atoms with van der Waals surface area (Å²) in [6.45, 7) is 5.09. The van der Waals surface area contributed by atoms with Crippen molar-refractivity contribution in [2.24, 2.45) is 0 Å². The van der Waals surface area contributed by atoms with E-state index in [0.717, 1.165) is 0 Å². The van der Waals surface area contributed by atoms with Crippen LogP contribution in [0, 0.1) is 0 Å². The van der Waals surface area contributed by atoms with Gasteiger partial charge in [-0.3, -0.25) is 4.90 Å². The number of aliphatic hydroxyl groups excluding tert-OH is 1. The molecule has 1 N–H and O–H groups in total. The Hall–Kier alpha value is -2.72. The van der Waals surface area contributed by atoms with Gasteiger partial charge in [-0.1, -0.05) is 6.07 Å². The summed E-state index contributed by atoms with van der Waals surface area (Å²) in [6, 6.07) is 7.63. The number of pyridine rings is 2. The first-order chi connectivity index (χ1) is 13.9. The molecule has 0 aliphatic heterocycles. The number of hydrogen-bond acceptors (Lipinski definition) is 6. The Morgan fingerprint density at radius 3 is 2.53 bits per heavy atom. The first kappa shape index (κ1) is 23.6. The van der Waals surface area contributed by atoms with E-state index in [-0.39, 0.29) is 18.1 Å². The molecule has 1 amide bonds. The minimum atomic E-state index is -4.66. The van der Waals surface area contributed by atoms with E-state index in [2.05, 4.69) is 9.97 Å². The molecule has 2 aromatic heterocycles. The van der Waals surface area contributed by atoms with Gasteiger partial charge in [-0.15, -0.1) is 0 Å². The molecule has 1 unspecified atom stereocenters.